The van der Waals surface area contributed by atoms with Crippen molar-refractivity contribution in [3.8, 4) is 5.88 Å². The van der Waals surface area contributed by atoms with E-state index in [4.69, 9.17) is 4.74 Å². The number of aromatic nitrogens is 2. The molecule has 1 amide bonds. The molecular formula is C15H26N4O2. The van der Waals surface area contributed by atoms with E-state index in [0.29, 0.717) is 31.4 Å². The van der Waals surface area contributed by atoms with Crippen molar-refractivity contribution in [3.63, 3.8) is 0 Å². The Kier molecular flexibility index (Phi) is 6.39. The Morgan fingerprint density at radius 3 is 2.67 bits per heavy atom. The third-order valence-electron chi connectivity index (χ3n) is 2.43. The van der Waals surface area contributed by atoms with Crippen molar-refractivity contribution in [2.75, 3.05) is 18.5 Å². The number of nitrogens with one attached hydrogen (secondary N) is 2. The lowest BCUT2D eigenvalue weighted by Gasteiger charge is -2.20. The number of amides is 1. The van der Waals surface area contributed by atoms with Gasteiger partial charge in [-0.05, 0) is 34.1 Å². The summed E-state index contributed by atoms with van der Waals surface area (Å²) in [6.07, 6.45) is 1.30. The summed E-state index contributed by atoms with van der Waals surface area (Å²) in [5, 5.41) is 5.97. The Labute approximate surface area is 126 Å². The van der Waals surface area contributed by atoms with E-state index in [1.165, 1.54) is 0 Å². The third kappa shape index (κ3) is 7.48. The van der Waals surface area contributed by atoms with Crippen LogP contribution in [-0.2, 0) is 4.79 Å². The summed E-state index contributed by atoms with van der Waals surface area (Å²) in [7, 11) is 0. The molecule has 2 N–H and O–H groups in total. The van der Waals surface area contributed by atoms with Crippen molar-refractivity contribution in [3.05, 3.63) is 11.8 Å². The first kappa shape index (κ1) is 17.2. The van der Waals surface area contributed by atoms with Crippen molar-refractivity contribution in [1.82, 2.24) is 15.3 Å². The van der Waals surface area contributed by atoms with Crippen molar-refractivity contribution >= 4 is 11.9 Å². The van der Waals surface area contributed by atoms with Gasteiger partial charge in [0.15, 0.2) is 0 Å². The van der Waals surface area contributed by atoms with Gasteiger partial charge in [0.25, 0.3) is 0 Å². The van der Waals surface area contributed by atoms with E-state index < -0.39 is 0 Å². The predicted octanol–water partition coefficient (Wildman–Crippen LogP) is 2.29. The third-order valence-corrected chi connectivity index (χ3v) is 2.43. The highest BCUT2D eigenvalue weighted by atomic mass is 16.5. The molecule has 1 heterocycles. The Morgan fingerprint density at radius 2 is 2.05 bits per heavy atom. The summed E-state index contributed by atoms with van der Waals surface area (Å²) in [4.78, 5) is 20.3. The molecular weight excluding hydrogens is 268 g/mol. The van der Waals surface area contributed by atoms with Gasteiger partial charge in [0.2, 0.25) is 17.7 Å². The molecule has 0 aliphatic heterocycles. The molecule has 0 aromatic carbocycles. The van der Waals surface area contributed by atoms with Crippen molar-refractivity contribution < 1.29 is 9.53 Å². The lowest BCUT2D eigenvalue weighted by atomic mass is 10.1. The Bertz CT molecular complexity index is 469. The van der Waals surface area contributed by atoms with Gasteiger partial charge < -0.3 is 15.4 Å². The number of ether oxygens (including phenoxy) is 1. The fourth-order valence-electron chi connectivity index (χ4n) is 1.67. The number of hydrogen-bond acceptors (Lipinski definition) is 5. The maximum atomic E-state index is 11.7. The molecule has 0 radical (unpaired) electrons. The fourth-order valence-corrected chi connectivity index (χ4v) is 1.67. The molecule has 6 heteroatoms. The van der Waals surface area contributed by atoms with Gasteiger partial charge in [-0.3, -0.25) is 4.79 Å². The number of carbonyl (C=O) groups is 1. The average Bonchev–Trinajstić information content (AvgIpc) is 2.33. The predicted molar refractivity (Wildman–Crippen MR) is 83.6 cm³/mol. The molecule has 1 aromatic heterocycles. The largest absolute Gasteiger partial charge is 0.478 e. The van der Waals surface area contributed by atoms with Crippen LogP contribution in [0.4, 0.5) is 5.95 Å². The Morgan fingerprint density at radius 1 is 1.33 bits per heavy atom. The minimum Gasteiger partial charge on any atom is -0.478 e. The van der Waals surface area contributed by atoms with Gasteiger partial charge in [-0.2, -0.15) is 4.98 Å². The van der Waals surface area contributed by atoms with Crippen LogP contribution in [0.5, 0.6) is 5.88 Å². The van der Waals surface area contributed by atoms with E-state index in [9.17, 15) is 4.79 Å². The monoisotopic (exact) mass is 294 g/mol. The van der Waals surface area contributed by atoms with Gasteiger partial charge in [-0.15, -0.1) is 0 Å². The van der Waals surface area contributed by atoms with Crippen LogP contribution in [0.1, 0.15) is 46.2 Å². The molecule has 0 aliphatic rings. The second-order valence-electron chi connectivity index (χ2n) is 5.99. The molecule has 0 unspecified atom stereocenters. The highest BCUT2D eigenvalue weighted by Crippen LogP contribution is 2.12. The number of carbonyl (C=O) groups excluding carboxylic acids is 1. The van der Waals surface area contributed by atoms with Gasteiger partial charge in [0.1, 0.15) is 0 Å². The standard InChI is InChI=1S/C15H26N4O2/c1-6-9-21-13-10-11(2)17-14(18-13)16-8-7-12(20)19-15(3,4)5/h10H,6-9H2,1-5H3,(H,19,20)(H,16,17,18). The van der Waals surface area contributed by atoms with Crippen LogP contribution in [-0.4, -0.2) is 34.6 Å². The van der Waals surface area contributed by atoms with Gasteiger partial charge >= 0.3 is 0 Å². The quantitative estimate of drug-likeness (QED) is 0.807. The number of aryl methyl sites for hydroxylation is 1. The van der Waals surface area contributed by atoms with E-state index in [2.05, 4.69) is 20.6 Å². The topological polar surface area (TPSA) is 76.1 Å². The van der Waals surface area contributed by atoms with Crippen LogP contribution < -0.4 is 15.4 Å². The molecule has 1 rings (SSSR count). The van der Waals surface area contributed by atoms with Gasteiger partial charge in [0, 0.05) is 30.3 Å². The lowest BCUT2D eigenvalue weighted by Crippen LogP contribution is -2.41. The normalized spacial score (nSPS) is 11.1. The molecule has 0 fully saturated rings. The first-order chi connectivity index (χ1) is 9.80. The van der Waals surface area contributed by atoms with Crippen LogP contribution >= 0.6 is 0 Å². The number of hydrogen-bond donors (Lipinski definition) is 2. The molecule has 0 bridgehead atoms. The van der Waals surface area contributed by atoms with Crippen LogP contribution in [0, 0.1) is 6.92 Å². The first-order valence-electron chi connectivity index (χ1n) is 7.33. The fraction of sp³-hybridized carbons (Fsp3) is 0.667. The maximum absolute atomic E-state index is 11.7. The van der Waals surface area contributed by atoms with E-state index in [1.807, 2.05) is 34.6 Å². The van der Waals surface area contributed by atoms with Crippen molar-refractivity contribution in [2.24, 2.45) is 0 Å². The zero-order valence-electron chi connectivity index (χ0n) is 13.6. The minimum atomic E-state index is -0.210. The number of anilines is 1. The molecule has 118 valence electrons. The summed E-state index contributed by atoms with van der Waals surface area (Å²) in [5.41, 5.74) is 0.621. The molecule has 0 atom stereocenters. The van der Waals surface area contributed by atoms with E-state index in [-0.39, 0.29) is 11.4 Å². The smallest absolute Gasteiger partial charge is 0.226 e. The van der Waals surface area contributed by atoms with Crippen LogP contribution in [0.15, 0.2) is 6.07 Å². The average molecular weight is 294 g/mol. The van der Waals surface area contributed by atoms with Gasteiger partial charge in [-0.25, -0.2) is 4.98 Å². The second-order valence-corrected chi connectivity index (χ2v) is 5.99. The van der Waals surface area contributed by atoms with Gasteiger partial charge in [-0.1, -0.05) is 6.92 Å². The summed E-state index contributed by atoms with van der Waals surface area (Å²) >= 11 is 0. The SMILES string of the molecule is CCCOc1cc(C)nc(NCCC(=O)NC(C)(C)C)n1. The second kappa shape index (κ2) is 7.81. The maximum Gasteiger partial charge on any atom is 0.226 e. The summed E-state index contributed by atoms with van der Waals surface area (Å²) < 4.78 is 5.50. The van der Waals surface area contributed by atoms with E-state index in [1.54, 1.807) is 6.07 Å². The summed E-state index contributed by atoms with van der Waals surface area (Å²) in [5.74, 6) is 1.06. The highest BCUT2D eigenvalue weighted by Gasteiger charge is 2.13. The lowest BCUT2D eigenvalue weighted by molar-refractivity contribution is -0.122. The Hall–Kier alpha value is -1.85. The Balaban J connectivity index is 2.48. The van der Waals surface area contributed by atoms with Crippen LogP contribution in [0.2, 0.25) is 0 Å². The number of nitrogens with zero attached hydrogens (tertiary/aromatic N) is 2. The van der Waals surface area contributed by atoms with E-state index in [0.717, 1.165) is 12.1 Å². The molecule has 0 saturated carbocycles. The minimum absolute atomic E-state index is 0.00473. The van der Waals surface area contributed by atoms with Crippen molar-refractivity contribution in [1.29, 1.82) is 0 Å². The van der Waals surface area contributed by atoms with Crippen molar-refractivity contribution in [2.45, 2.75) is 53.0 Å². The number of rotatable bonds is 7. The van der Waals surface area contributed by atoms with Crippen LogP contribution in [0.25, 0.3) is 0 Å². The summed E-state index contributed by atoms with van der Waals surface area (Å²) in [6.45, 7) is 10.9. The molecule has 1 aromatic rings. The molecule has 21 heavy (non-hydrogen) atoms. The van der Waals surface area contributed by atoms with Crippen LogP contribution in [0.3, 0.4) is 0 Å². The molecule has 0 spiro atoms. The molecule has 0 aliphatic carbocycles. The van der Waals surface area contributed by atoms with Gasteiger partial charge in [0.05, 0.1) is 6.61 Å². The molecule has 6 nitrogen and oxygen atoms in total. The zero-order valence-corrected chi connectivity index (χ0v) is 13.6. The summed E-state index contributed by atoms with van der Waals surface area (Å²) in [6, 6.07) is 1.80. The zero-order chi connectivity index (χ0) is 15.9. The highest BCUT2D eigenvalue weighted by molar-refractivity contribution is 5.77. The first-order valence-corrected chi connectivity index (χ1v) is 7.33. The van der Waals surface area contributed by atoms with E-state index >= 15 is 0 Å². The molecule has 0 saturated heterocycles.